The van der Waals surface area contributed by atoms with Crippen molar-refractivity contribution in [3.8, 4) is 10.6 Å². The van der Waals surface area contributed by atoms with Gasteiger partial charge in [0.15, 0.2) is 0 Å². The fourth-order valence-corrected chi connectivity index (χ4v) is 3.20. The van der Waals surface area contributed by atoms with E-state index < -0.39 is 0 Å². The van der Waals surface area contributed by atoms with Crippen LogP contribution in [0.1, 0.15) is 23.8 Å². The molecule has 0 spiro atoms. The molecule has 2 aromatic carbocycles. The van der Waals surface area contributed by atoms with Crippen LogP contribution in [0, 0.1) is 0 Å². The number of nitrogens with one attached hydrogen (secondary N) is 2. The summed E-state index contributed by atoms with van der Waals surface area (Å²) in [5, 5.41) is 8.33. The summed E-state index contributed by atoms with van der Waals surface area (Å²) in [6.45, 7) is 1.76. The fourth-order valence-electron chi connectivity index (χ4n) is 2.23. The SMILES string of the molecule is CCC(=O)Nc1ccc(Cl)c(NC(=O)c2csc(-c3ccccc3)n2)c1. The first-order valence-electron chi connectivity index (χ1n) is 7.98. The van der Waals surface area contributed by atoms with E-state index in [1.807, 2.05) is 30.3 Å². The number of thiazole rings is 1. The van der Waals surface area contributed by atoms with Crippen LogP contribution in [0.5, 0.6) is 0 Å². The van der Waals surface area contributed by atoms with Crippen LogP contribution in [0.3, 0.4) is 0 Å². The molecule has 1 aromatic heterocycles. The molecule has 7 heteroatoms. The van der Waals surface area contributed by atoms with E-state index in [1.165, 1.54) is 11.3 Å². The topological polar surface area (TPSA) is 71.1 Å². The van der Waals surface area contributed by atoms with Crippen LogP contribution in [0.2, 0.25) is 5.02 Å². The Morgan fingerprint density at radius 2 is 1.88 bits per heavy atom. The van der Waals surface area contributed by atoms with Gasteiger partial charge in [-0.25, -0.2) is 4.98 Å². The average molecular weight is 386 g/mol. The molecule has 132 valence electrons. The normalized spacial score (nSPS) is 10.4. The predicted octanol–water partition coefficient (Wildman–Crippen LogP) is 5.06. The van der Waals surface area contributed by atoms with Gasteiger partial charge in [-0.3, -0.25) is 9.59 Å². The molecule has 3 rings (SSSR count). The number of halogens is 1. The summed E-state index contributed by atoms with van der Waals surface area (Å²) in [4.78, 5) is 28.4. The van der Waals surface area contributed by atoms with Crippen LogP contribution in [0.4, 0.5) is 11.4 Å². The molecule has 3 aromatic rings. The Balaban J connectivity index is 1.77. The molecule has 2 amide bonds. The van der Waals surface area contributed by atoms with Gasteiger partial charge in [0.2, 0.25) is 5.91 Å². The van der Waals surface area contributed by atoms with Gasteiger partial charge in [-0.2, -0.15) is 0 Å². The molecule has 1 heterocycles. The molecule has 2 N–H and O–H groups in total. The second kappa shape index (κ2) is 8.12. The highest BCUT2D eigenvalue weighted by Gasteiger charge is 2.14. The lowest BCUT2D eigenvalue weighted by Gasteiger charge is -2.09. The average Bonchev–Trinajstić information content (AvgIpc) is 3.15. The van der Waals surface area contributed by atoms with Crippen molar-refractivity contribution >= 4 is 46.1 Å². The number of carbonyl (C=O) groups excluding carboxylic acids is 2. The Morgan fingerprint density at radius 1 is 1.12 bits per heavy atom. The van der Waals surface area contributed by atoms with Gasteiger partial charge in [-0.1, -0.05) is 48.9 Å². The Labute approximate surface area is 160 Å². The maximum atomic E-state index is 12.5. The summed E-state index contributed by atoms with van der Waals surface area (Å²) < 4.78 is 0. The Morgan fingerprint density at radius 3 is 2.62 bits per heavy atom. The van der Waals surface area contributed by atoms with E-state index in [4.69, 9.17) is 11.6 Å². The van der Waals surface area contributed by atoms with Gasteiger partial charge in [0.25, 0.3) is 5.91 Å². The lowest BCUT2D eigenvalue weighted by atomic mass is 10.2. The summed E-state index contributed by atoms with van der Waals surface area (Å²) in [5.74, 6) is -0.471. The zero-order valence-corrected chi connectivity index (χ0v) is 15.5. The Kier molecular flexibility index (Phi) is 5.65. The van der Waals surface area contributed by atoms with Crippen LogP contribution >= 0.6 is 22.9 Å². The Hall–Kier alpha value is -2.70. The number of carbonyl (C=O) groups is 2. The molecule has 0 radical (unpaired) electrons. The minimum absolute atomic E-state index is 0.114. The monoisotopic (exact) mass is 385 g/mol. The van der Waals surface area contributed by atoms with Gasteiger partial charge in [-0.15, -0.1) is 11.3 Å². The molecule has 0 saturated carbocycles. The summed E-state index contributed by atoms with van der Waals surface area (Å²) >= 11 is 7.55. The maximum absolute atomic E-state index is 12.5. The third-order valence-corrected chi connectivity index (χ3v) is 4.80. The number of hydrogen-bond acceptors (Lipinski definition) is 4. The lowest BCUT2D eigenvalue weighted by molar-refractivity contribution is -0.115. The number of hydrogen-bond donors (Lipinski definition) is 2. The van der Waals surface area contributed by atoms with Crippen LogP contribution in [0.15, 0.2) is 53.9 Å². The molecule has 0 bridgehead atoms. The highest BCUT2D eigenvalue weighted by molar-refractivity contribution is 7.13. The van der Waals surface area contributed by atoms with Gasteiger partial charge in [0.05, 0.1) is 10.7 Å². The van der Waals surface area contributed by atoms with E-state index in [2.05, 4.69) is 15.6 Å². The smallest absolute Gasteiger partial charge is 0.275 e. The van der Waals surface area contributed by atoms with Gasteiger partial charge in [-0.05, 0) is 18.2 Å². The van der Waals surface area contributed by atoms with Crippen LogP contribution in [0.25, 0.3) is 10.6 Å². The van der Waals surface area contributed by atoms with Crippen molar-refractivity contribution in [2.75, 3.05) is 10.6 Å². The van der Waals surface area contributed by atoms with E-state index >= 15 is 0 Å². The van der Waals surface area contributed by atoms with Gasteiger partial charge < -0.3 is 10.6 Å². The molecule has 0 aliphatic carbocycles. The van der Waals surface area contributed by atoms with Gasteiger partial charge in [0.1, 0.15) is 10.7 Å². The zero-order valence-electron chi connectivity index (χ0n) is 14.0. The number of rotatable bonds is 5. The molecule has 0 fully saturated rings. The highest BCUT2D eigenvalue weighted by Crippen LogP contribution is 2.27. The first-order chi connectivity index (χ1) is 12.6. The molecular weight excluding hydrogens is 370 g/mol. The summed E-state index contributed by atoms with van der Waals surface area (Å²) in [7, 11) is 0. The first-order valence-corrected chi connectivity index (χ1v) is 9.24. The fraction of sp³-hybridized carbons (Fsp3) is 0.105. The first kappa shape index (κ1) is 18.1. The lowest BCUT2D eigenvalue weighted by Crippen LogP contribution is -2.14. The minimum atomic E-state index is -0.357. The van der Waals surface area contributed by atoms with Crippen molar-refractivity contribution in [1.82, 2.24) is 4.98 Å². The zero-order chi connectivity index (χ0) is 18.5. The number of benzene rings is 2. The van der Waals surface area contributed by atoms with Crippen molar-refractivity contribution in [2.45, 2.75) is 13.3 Å². The highest BCUT2D eigenvalue weighted by atomic mass is 35.5. The minimum Gasteiger partial charge on any atom is -0.326 e. The van der Waals surface area contributed by atoms with Crippen LogP contribution < -0.4 is 10.6 Å². The summed E-state index contributed by atoms with van der Waals surface area (Å²) in [6, 6.07) is 14.6. The van der Waals surface area contributed by atoms with Crippen LogP contribution in [-0.2, 0) is 4.79 Å². The van der Waals surface area contributed by atoms with Crippen molar-refractivity contribution in [3.05, 3.63) is 64.6 Å². The summed E-state index contributed by atoms with van der Waals surface area (Å²) in [5.41, 5.74) is 2.26. The number of amides is 2. The molecule has 0 atom stereocenters. The predicted molar refractivity (Wildman–Crippen MR) is 106 cm³/mol. The third-order valence-electron chi connectivity index (χ3n) is 3.58. The molecule has 5 nitrogen and oxygen atoms in total. The molecular formula is C19H16ClN3O2S. The largest absolute Gasteiger partial charge is 0.326 e. The van der Waals surface area contributed by atoms with Crippen molar-refractivity contribution in [2.24, 2.45) is 0 Å². The van der Waals surface area contributed by atoms with E-state index in [1.54, 1.807) is 30.5 Å². The van der Waals surface area contributed by atoms with Crippen molar-refractivity contribution in [3.63, 3.8) is 0 Å². The molecule has 26 heavy (non-hydrogen) atoms. The molecule has 0 saturated heterocycles. The molecule has 0 aliphatic rings. The third kappa shape index (κ3) is 4.28. The molecule has 0 aliphatic heterocycles. The number of nitrogens with zero attached hydrogens (tertiary/aromatic N) is 1. The second-order valence-corrected chi connectivity index (χ2v) is 6.72. The van der Waals surface area contributed by atoms with E-state index in [0.29, 0.717) is 28.5 Å². The van der Waals surface area contributed by atoms with E-state index in [9.17, 15) is 9.59 Å². The van der Waals surface area contributed by atoms with Crippen molar-refractivity contribution < 1.29 is 9.59 Å². The van der Waals surface area contributed by atoms with Crippen molar-refractivity contribution in [1.29, 1.82) is 0 Å². The second-order valence-electron chi connectivity index (χ2n) is 5.45. The van der Waals surface area contributed by atoms with E-state index in [-0.39, 0.29) is 11.8 Å². The number of anilines is 2. The van der Waals surface area contributed by atoms with Gasteiger partial charge in [0, 0.05) is 23.1 Å². The van der Waals surface area contributed by atoms with Crippen LogP contribution in [-0.4, -0.2) is 16.8 Å². The number of aromatic nitrogens is 1. The Bertz CT molecular complexity index is 941. The molecule has 0 unspecified atom stereocenters. The standard InChI is InChI=1S/C19H16ClN3O2S/c1-2-17(24)21-13-8-9-14(20)15(10-13)22-18(25)16-11-26-19(23-16)12-6-4-3-5-7-12/h3-11H,2H2,1H3,(H,21,24)(H,22,25). The quantitative estimate of drug-likeness (QED) is 0.644. The van der Waals surface area contributed by atoms with E-state index in [0.717, 1.165) is 10.6 Å². The van der Waals surface area contributed by atoms with Gasteiger partial charge >= 0.3 is 0 Å². The maximum Gasteiger partial charge on any atom is 0.275 e. The summed E-state index contributed by atoms with van der Waals surface area (Å²) in [6.07, 6.45) is 0.366.